The van der Waals surface area contributed by atoms with Gasteiger partial charge in [-0.1, -0.05) is 5.16 Å². The van der Waals surface area contributed by atoms with Crippen LogP contribution in [-0.2, 0) is 11.3 Å². The number of aryl methyl sites for hydroxylation is 1. The second kappa shape index (κ2) is 6.79. The lowest BCUT2D eigenvalue weighted by molar-refractivity contribution is -0.136. The SMILES string of the molecule is Cc1nc(CN2CCC(C(=O)N3CCSCC3)CC2)no1. The molecule has 0 saturated carbocycles. The Balaban J connectivity index is 1.47. The van der Waals surface area contributed by atoms with Crippen molar-refractivity contribution in [3.63, 3.8) is 0 Å². The Morgan fingerprint density at radius 1 is 1.29 bits per heavy atom. The number of hydrogen-bond acceptors (Lipinski definition) is 6. The number of hydrogen-bond donors (Lipinski definition) is 0. The quantitative estimate of drug-likeness (QED) is 0.835. The first kappa shape index (κ1) is 14.8. The Hall–Kier alpha value is -1.08. The van der Waals surface area contributed by atoms with Crippen molar-refractivity contribution in [2.45, 2.75) is 26.3 Å². The van der Waals surface area contributed by atoms with Crippen LogP contribution in [0.2, 0.25) is 0 Å². The van der Waals surface area contributed by atoms with Gasteiger partial charge in [0.25, 0.3) is 0 Å². The van der Waals surface area contributed by atoms with Crippen LogP contribution in [0.5, 0.6) is 0 Å². The van der Waals surface area contributed by atoms with Crippen molar-refractivity contribution < 1.29 is 9.32 Å². The summed E-state index contributed by atoms with van der Waals surface area (Å²) in [6, 6.07) is 0. The highest BCUT2D eigenvalue weighted by atomic mass is 32.2. The Morgan fingerprint density at radius 2 is 2.00 bits per heavy atom. The van der Waals surface area contributed by atoms with Crippen molar-refractivity contribution in [3.8, 4) is 0 Å². The molecule has 2 saturated heterocycles. The maximum Gasteiger partial charge on any atom is 0.225 e. The molecule has 0 aliphatic carbocycles. The number of amides is 1. The monoisotopic (exact) mass is 310 g/mol. The van der Waals surface area contributed by atoms with Crippen LogP contribution in [0.25, 0.3) is 0 Å². The lowest BCUT2D eigenvalue weighted by Gasteiger charge is -2.35. The minimum absolute atomic E-state index is 0.205. The standard InChI is InChI=1S/C14H22N4O2S/c1-11-15-13(16-20-11)10-17-4-2-12(3-5-17)14(19)18-6-8-21-9-7-18/h12H,2-10H2,1H3. The van der Waals surface area contributed by atoms with Gasteiger partial charge >= 0.3 is 0 Å². The van der Waals surface area contributed by atoms with E-state index in [-0.39, 0.29) is 5.92 Å². The first-order valence-corrected chi connectivity index (χ1v) is 8.76. The summed E-state index contributed by atoms with van der Waals surface area (Å²) in [5.41, 5.74) is 0. The number of rotatable bonds is 3. The highest BCUT2D eigenvalue weighted by Gasteiger charge is 2.29. The number of thioether (sulfide) groups is 1. The van der Waals surface area contributed by atoms with Crippen LogP contribution in [0.4, 0.5) is 0 Å². The van der Waals surface area contributed by atoms with Crippen LogP contribution in [0.1, 0.15) is 24.6 Å². The highest BCUT2D eigenvalue weighted by molar-refractivity contribution is 7.99. The van der Waals surface area contributed by atoms with E-state index in [2.05, 4.69) is 19.9 Å². The zero-order valence-electron chi connectivity index (χ0n) is 12.5. The molecule has 2 fully saturated rings. The molecule has 0 spiro atoms. The average Bonchev–Trinajstić information content (AvgIpc) is 2.93. The number of carbonyl (C=O) groups is 1. The molecule has 2 aliphatic rings. The van der Waals surface area contributed by atoms with Crippen molar-refractivity contribution >= 4 is 17.7 Å². The van der Waals surface area contributed by atoms with Gasteiger partial charge in [0.1, 0.15) is 0 Å². The number of nitrogens with zero attached hydrogens (tertiary/aromatic N) is 4. The van der Waals surface area contributed by atoms with Gasteiger partial charge in [0.2, 0.25) is 11.8 Å². The van der Waals surface area contributed by atoms with E-state index in [1.807, 2.05) is 11.8 Å². The lowest BCUT2D eigenvalue weighted by Crippen LogP contribution is -2.45. The van der Waals surface area contributed by atoms with Crippen LogP contribution in [0, 0.1) is 12.8 Å². The van der Waals surface area contributed by atoms with Crippen LogP contribution >= 0.6 is 11.8 Å². The van der Waals surface area contributed by atoms with Gasteiger partial charge in [-0.05, 0) is 25.9 Å². The summed E-state index contributed by atoms with van der Waals surface area (Å²) in [7, 11) is 0. The number of carbonyl (C=O) groups excluding carboxylic acids is 1. The molecule has 0 radical (unpaired) electrons. The van der Waals surface area contributed by atoms with Gasteiger partial charge in [0.15, 0.2) is 5.82 Å². The molecule has 3 rings (SSSR count). The van der Waals surface area contributed by atoms with E-state index in [0.29, 0.717) is 11.8 Å². The van der Waals surface area contributed by atoms with E-state index >= 15 is 0 Å². The first-order chi connectivity index (χ1) is 10.2. The molecule has 3 heterocycles. The molecule has 6 nitrogen and oxygen atoms in total. The minimum Gasteiger partial charge on any atom is -0.341 e. The van der Waals surface area contributed by atoms with Crippen LogP contribution < -0.4 is 0 Å². The number of aromatic nitrogens is 2. The molecular weight excluding hydrogens is 288 g/mol. The van der Waals surface area contributed by atoms with Gasteiger partial charge in [0.05, 0.1) is 6.54 Å². The van der Waals surface area contributed by atoms with Crippen LogP contribution in [0.15, 0.2) is 4.52 Å². The molecule has 7 heteroatoms. The van der Waals surface area contributed by atoms with E-state index in [9.17, 15) is 4.79 Å². The van der Waals surface area contributed by atoms with Gasteiger partial charge in [-0.3, -0.25) is 9.69 Å². The second-order valence-corrected chi connectivity index (χ2v) is 6.94. The molecule has 0 bridgehead atoms. The molecule has 21 heavy (non-hydrogen) atoms. The van der Waals surface area contributed by atoms with Gasteiger partial charge < -0.3 is 9.42 Å². The Kier molecular flexibility index (Phi) is 4.80. The molecule has 1 aromatic rings. The summed E-state index contributed by atoms with van der Waals surface area (Å²) in [4.78, 5) is 21.1. The summed E-state index contributed by atoms with van der Waals surface area (Å²) in [5.74, 6) is 4.09. The van der Waals surface area contributed by atoms with E-state index < -0.39 is 0 Å². The van der Waals surface area contributed by atoms with Crippen molar-refractivity contribution in [3.05, 3.63) is 11.7 Å². The summed E-state index contributed by atoms with van der Waals surface area (Å²) in [6.45, 7) is 6.24. The third kappa shape index (κ3) is 3.77. The molecular formula is C14H22N4O2S. The van der Waals surface area contributed by atoms with Crippen LogP contribution in [-0.4, -0.2) is 63.5 Å². The third-order valence-electron chi connectivity index (χ3n) is 4.19. The predicted molar refractivity (Wildman–Crippen MR) is 80.9 cm³/mol. The average molecular weight is 310 g/mol. The predicted octanol–water partition coefficient (Wildman–Crippen LogP) is 1.17. The van der Waals surface area contributed by atoms with Gasteiger partial charge in [-0.25, -0.2) is 0 Å². The molecule has 1 amide bonds. The first-order valence-electron chi connectivity index (χ1n) is 7.60. The van der Waals surface area contributed by atoms with Gasteiger partial charge in [-0.15, -0.1) is 0 Å². The smallest absolute Gasteiger partial charge is 0.225 e. The number of likely N-dealkylation sites (tertiary alicyclic amines) is 1. The Labute approximate surface area is 129 Å². The fraction of sp³-hybridized carbons (Fsp3) is 0.786. The maximum absolute atomic E-state index is 12.5. The molecule has 0 N–H and O–H groups in total. The fourth-order valence-corrected chi connectivity index (χ4v) is 3.89. The van der Waals surface area contributed by atoms with Crippen molar-refractivity contribution in [1.29, 1.82) is 0 Å². The van der Waals surface area contributed by atoms with E-state index in [4.69, 9.17) is 4.52 Å². The molecule has 1 aromatic heterocycles. The van der Waals surface area contributed by atoms with Gasteiger partial charge in [0, 0.05) is 37.4 Å². The van der Waals surface area contributed by atoms with E-state index in [1.165, 1.54) is 0 Å². The number of piperidine rings is 1. The summed E-state index contributed by atoms with van der Waals surface area (Å²) in [5, 5.41) is 3.93. The molecule has 0 aromatic carbocycles. The third-order valence-corrected chi connectivity index (χ3v) is 5.14. The topological polar surface area (TPSA) is 62.5 Å². The van der Waals surface area contributed by atoms with Crippen molar-refractivity contribution in [2.75, 3.05) is 37.7 Å². The zero-order valence-corrected chi connectivity index (χ0v) is 13.3. The maximum atomic E-state index is 12.5. The molecule has 2 aliphatic heterocycles. The summed E-state index contributed by atoms with van der Waals surface area (Å²) in [6.07, 6.45) is 1.89. The second-order valence-electron chi connectivity index (χ2n) is 5.72. The summed E-state index contributed by atoms with van der Waals surface area (Å²) >= 11 is 1.94. The van der Waals surface area contributed by atoms with Crippen LogP contribution in [0.3, 0.4) is 0 Å². The largest absolute Gasteiger partial charge is 0.341 e. The molecule has 116 valence electrons. The highest BCUT2D eigenvalue weighted by Crippen LogP contribution is 2.22. The van der Waals surface area contributed by atoms with Crippen molar-refractivity contribution in [1.82, 2.24) is 19.9 Å². The normalized spacial score (nSPS) is 21.7. The van der Waals surface area contributed by atoms with Gasteiger partial charge in [-0.2, -0.15) is 16.7 Å². The lowest BCUT2D eigenvalue weighted by atomic mass is 9.95. The van der Waals surface area contributed by atoms with E-state index in [1.54, 1.807) is 6.92 Å². The fourth-order valence-electron chi connectivity index (χ4n) is 2.99. The zero-order chi connectivity index (χ0) is 14.7. The molecule has 0 unspecified atom stereocenters. The van der Waals surface area contributed by atoms with Crippen molar-refractivity contribution in [2.24, 2.45) is 5.92 Å². The summed E-state index contributed by atoms with van der Waals surface area (Å²) < 4.78 is 4.99. The Bertz CT molecular complexity index is 479. The van der Waals surface area contributed by atoms with E-state index in [0.717, 1.165) is 62.9 Å². The molecule has 0 atom stereocenters. The minimum atomic E-state index is 0.205. The Morgan fingerprint density at radius 3 is 2.62 bits per heavy atom.